The van der Waals surface area contributed by atoms with Gasteiger partial charge in [0.25, 0.3) is 0 Å². The van der Waals surface area contributed by atoms with Crippen molar-refractivity contribution in [3.8, 4) is 11.5 Å². The molecule has 2 N–H and O–H groups in total. The lowest BCUT2D eigenvalue weighted by molar-refractivity contribution is -0.120. The lowest BCUT2D eigenvalue weighted by Gasteiger charge is -2.22. The first-order valence-corrected chi connectivity index (χ1v) is 9.28. The van der Waals surface area contributed by atoms with Gasteiger partial charge in [-0.15, -0.1) is 0 Å². The van der Waals surface area contributed by atoms with Gasteiger partial charge in [-0.1, -0.05) is 11.6 Å². The zero-order valence-electron chi connectivity index (χ0n) is 15.3. The number of carbonyl (C=O) groups excluding carboxylic acids is 1. The van der Waals surface area contributed by atoms with Crippen molar-refractivity contribution in [3.63, 3.8) is 0 Å². The molecule has 1 amide bonds. The van der Waals surface area contributed by atoms with Crippen molar-refractivity contribution >= 4 is 34.1 Å². The number of fused-ring (bicyclic) bond motifs is 3. The summed E-state index contributed by atoms with van der Waals surface area (Å²) in [5, 5.41) is 4.67. The highest BCUT2D eigenvalue weighted by Gasteiger charge is 2.28. The predicted molar refractivity (Wildman–Crippen MR) is 107 cm³/mol. The maximum absolute atomic E-state index is 12.9. The minimum atomic E-state index is -0.105. The number of amides is 1. The van der Waals surface area contributed by atoms with E-state index in [1.54, 1.807) is 32.4 Å². The van der Waals surface area contributed by atoms with Crippen molar-refractivity contribution in [1.29, 1.82) is 0 Å². The number of hydrogen-bond donors (Lipinski definition) is 2. The normalized spacial score (nSPS) is 16.0. The molecule has 0 bridgehead atoms. The van der Waals surface area contributed by atoms with Crippen molar-refractivity contribution in [2.45, 2.75) is 19.3 Å². The molecule has 0 saturated carbocycles. The molecule has 5 nitrogen and oxygen atoms in total. The molecule has 0 radical (unpaired) electrons. The quantitative estimate of drug-likeness (QED) is 0.691. The van der Waals surface area contributed by atoms with Crippen molar-refractivity contribution < 1.29 is 14.3 Å². The van der Waals surface area contributed by atoms with Gasteiger partial charge in [-0.25, -0.2) is 0 Å². The zero-order chi connectivity index (χ0) is 19.0. The molecule has 27 heavy (non-hydrogen) atoms. The molecule has 4 rings (SSSR count). The minimum Gasteiger partial charge on any atom is -0.497 e. The van der Waals surface area contributed by atoms with E-state index in [4.69, 9.17) is 21.1 Å². The van der Waals surface area contributed by atoms with Crippen LogP contribution in [0.1, 0.15) is 17.7 Å². The average molecular weight is 385 g/mol. The van der Waals surface area contributed by atoms with Crippen LogP contribution in [0.3, 0.4) is 0 Å². The molecule has 0 fully saturated rings. The number of methoxy groups -OCH3 is 2. The van der Waals surface area contributed by atoms with Crippen LogP contribution in [0.4, 0.5) is 5.69 Å². The van der Waals surface area contributed by atoms with Crippen molar-refractivity contribution in [2.75, 3.05) is 19.5 Å². The van der Waals surface area contributed by atoms with Gasteiger partial charge in [0, 0.05) is 27.5 Å². The van der Waals surface area contributed by atoms with Gasteiger partial charge in [-0.05, 0) is 61.2 Å². The summed E-state index contributed by atoms with van der Waals surface area (Å²) in [6, 6.07) is 11.2. The van der Waals surface area contributed by atoms with E-state index in [9.17, 15) is 4.79 Å². The highest BCUT2D eigenvalue weighted by atomic mass is 35.5. The number of carbonyl (C=O) groups is 1. The van der Waals surface area contributed by atoms with Crippen LogP contribution in [0.2, 0.25) is 5.02 Å². The maximum Gasteiger partial charge on any atom is 0.227 e. The Morgan fingerprint density at radius 2 is 2.04 bits per heavy atom. The maximum atomic E-state index is 12.9. The van der Waals surface area contributed by atoms with E-state index in [-0.39, 0.29) is 11.8 Å². The second-order valence-corrected chi connectivity index (χ2v) is 7.20. The fourth-order valence-corrected chi connectivity index (χ4v) is 3.93. The van der Waals surface area contributed by atoms with Gasteiger partial charge in [-0.3, -0.25) is 4.79 Å². The smallest absolute Gasteiger partial charge is 0.227 e. The van der Waals surface area contributed by atoms with E-state index in [2.05, 4.69) is 10.3 Å². The van der Waals surface area contributed by atoms with Crippen LogP contribution < -0.4 is 14.8 Å². The molecular weight excluding hydrogens is 364 g/mol. The summed E-state index contributed by atoms with van der Waals surface area (Å²) in [7, 11) is 3.24. The Balaban J connectivity index is 1.59. The minimum absolute atomic E-state index is 0.0153. The van der Waals surface area contributed by atoms with Crippen LogP contribution in [0.5, 0.6) is 11.5 Å². The van der Waals surface area contributed by atoms with Gasteiger partial charge in [0.1, 0.15) is 11.5 Å². The first-order chi connectivity index (χ1) is 13.1. The molecule has 1 aromatic heterocycles. The fourth-order valence-electron chi connectivity index (χ4n) is 3.76. The summed E-state index contributed by atoms with van der Waals surface area (Å²) in [6.45, 7) is 0. The highest BCUT2D eigenvalue weighted by Crippen LogP contribution is 2.35. The number of nitrogens with one attached hydrogen (secondary N) is 2. The largest absolute Gasteiger partial charge is 0.497 e. The summed E-state index contributed by atoms with van der Waals surface area (Å²) in [5.41, 5.74) is 4.09. The van der Waals surface area contributed by atoms with Gasteiger partial charge in [0.15, 0.2) is 0 Å². The Bertz CT molecular complexity index is 1010. The standard InChI is InChI=1S/C21H21ClN2O3/c1-26-14-5-7-18-16(11-14)15-9-12(3-6-17(15)23-18)21(25)24-19-10-13(22)4-8-20(19)27-2/h4-5,7-8,10-12,23H,3,6,9H2,1-2H3,(H,24,25). The molecule has 2 aromatic carbocycles. The lowest BCUT2D eigenvalue weighted by atomic mass is 9.85. The summed E-state index contributed by atoms with van der Waals surface area (Å²) in [5.74, 6) is 1.30. The summed E-state index contributed by atoms with van der Waals surface area (Å²) in [4.78, 5) is 16.4. The summed E-state index contributed by atoms with van der Waals surface area (Å²) in [6.07, 6.45) is 2.33. The van der Waals surface area contributed by atoms with E-state index in [0.29, 0.717) is 22.9 Å². The Morgan fingerprint density at radius 3 is 2.81 bits per heavy atom. The van der Waals surface area contributed by atoms with Crippen LogP contribution in [0.15, 0.2) is 36.4 Å². The topological polar surface area (TPSA) is 63.4 Å². The Hall–Kier alpha value is -2.66. The van der Waals surface area contributed by atoms with Gasteiger partial charge in [0.2, 0.25) is 5.91 Å². The fraction of sp³-hybridized carbons (Fsp3) is 0.286. The number of rotatable bonds is 4. The third-order valence-electron chi connectivity index (χ3n) is 5.19. The lowest BCUT2D eigenvalue weighted by Crippen LogP contribution is -2.28. The number of aromatic nitrogens is 1. The molecule has 1 aliphatic carbocycles. The Kier molecular flexibility index (Phi) is 4.70. The van der Waals surface area contributed by atoms with E-state index in [1.807, 2.05) is 18.2 Å². The molecule has 0 spiro atoms. The van der Waals surface area contributed by atoms with Crippen LogP contribution >= 0.6 is 11.6 Å². The van der Waals surface area contributed by atoms with E-state index >= 15 is 0 Å². The highest BCUT2D eigenvalue weighted by molar-refractivity contribution is 6.31. The van der Waals surface area contributed by atoms with Crippen molar-refractivity contribution in [2.24, 2.45) is 5.92 Å². The molecule has 1 atom stereocenters. The molecule has 6 heteroatoms. The summed E-state index contributed by atoms with van der Waals surface area (Å²) >= 11 is 6.07. The molecular formula is C21H21ClN2O3. The molecule has 140 valence electrons. The van der Waals surface area contributed by atoms with Crippen molar-refractivity contribution in [1.82, 2.24) is 4.98 Å². The number of aryl methyl sites for hydroxylation is 1. The van der Waals surface area contributed by atoms with Crippen LogP contribution in [0.25, 0.3) is 10.9 Å². The molecule has 1 unspecified atom stereocenters. The van der Waals surface area contributed by atoms with E-state index in [1.165, 1.54) is 11.3 Å². The first kappa shape index (κ1) is 17.7. The first-order valence-electron chi connectivity index (χ1n) is 8.91. The Labute approximate surface area is 162 Å². The second kappa shape index (κ2) is 7.16. The summed E-state index contributed by atoms with van der Waals surface area (Å²) < 4.78 is 10.7. The molecule has 0 aliphatic heterocycles. The number of halogens is 1. The zero-order valence-corrected chi connectivity index (χ0v) is 16.0. The van der Waals surface area contributed by atoms with E-state index in [0.717, 1.165) is 29.5 Å². The van der Waals surface area contributed by atoms with Gasteiger partial charge in [0.05, 0.1) is 19.9 Å². The van der Waals surface area contributed by atoms with Gasteiger partial charge >= 0.3 is 0 Å². The van der Waals surface area contributed by atoms with E-state index < -0.39 is 0 Å². The number of H-pyrrole nitrogens is 1. The Morgan fingerprint density at radius 1 is 1.19 bits per heavy atom. The SMILES string of the molecule is COc1ccc2[nH]c3c(c2c1)CC(C(=O)Nc1cc(Cl)ccc1OC)CC3. The van der Waals surface area contributed by atoms with Gasteiger partial charge in [-0.2, -0.15) is 0 Å². The second-order valence-electron chi connectivity index (χ2n) is 6.77. The van der Waals surface area contributed by atoms with Gasteiger partial charge < -0.3 is 19.8 Å². The average Bonchev–Trinajstić information content (AvgIpc) is 3.05. The monoisotopic (exact) mass is 384 g/mol. The number of benzene rings is 2. The number of aromatic amines is 1. The number of hydrogen-bond acceptors (Lipinski definition) is 3. The molecule has 1 aliphatic rings. The molecule has 1 heterocycles. The van der Waals surface area contributed by atoms with Crippen LogP contribution in [0, 0.1) is 5.92 Å². The van der Waals surface area contributed by atoms with Crippen LogP contribution in [-0.4, -0.2) is 25.1 Å². The number of anilines is 1. The van der Waals surface area contributed by atoms with Crippen LogP contribution in [-0.2, 0) is 17.6 Å². The molecule has 0 saturated heterocycles. The number of ether oxygens (including phenoxy) is 2. The van der Waals surface area contributed by atoms with Crippen molar-refractivity contribution in [3.05, 3.63) is 52.7 Å². The third kappa shape index (κ3) is 3.35. The third-order valence-corrected chi connectivity index (χ3v) is 5.42. The molecule has 3 aromatic rings. The predicted octanol–water partition coefficient (Wildman–Crippen LogP) is 4.58.